The van der Waals surface area contributed by atoms with E-state index in [0.29, 0.717) is 5.69 Å². The van der Waals surface area contributed by atoms with Gasteiger partial charge in [-0.25, -0.2) is 4.39 Å². The Kier molecular flexibility index (Phi) is 2.70. The van der Waals surface area contributed by atoms with Crippen molar-refractivity contribution in [3.05, 3.63) is 58.5 Å². The van der Waals surface area contributed by atoms with Gasteiger partial charge in [-0.1, -0.05) is 0 Å². The highest BCUT2D eigenvalue weighted by Crippen LogP contribution is 2.12. The maximum Gasteiger partial charge on any atom is 0.273 e. The van der Waals surface area contributed by atoms with Crippen molar-refractivity contribution in [2.24, 2.45) is 5.73 Å². The molecule has 1 amide bonds. The van der Waals surface area contributed by atoms with Gasteiger partial charge in [-0.05, 0) is 18.2 Å². The van der Waals surface area contributed by atoms with E-state index in [0.717, 1.165) is 12.3 Å². The first kappa shape index (κ1) is 11.0. The highest BCUT2D eigenvalue weighted by atomic mass is 19.1. The molecule has 0 saturated heterocycles. The molecule has 0 aliphatic carbocycles. The van der Waals surface area contributed by atoms with Crippen molar-refractivity contribution in [3.63, 3.8) is 0 Å². The number of carbonyl (C=O) groups excluding carboxylic acids is 1. The minimum Gasteiger partial charge on any atom is -0.366 e. The summed E-state index contributed by atoms with van der Waals surface area (Å²) >= 11 is 0. The summed E-state index contributed by atoms with van der Waals surface area (Å²) in [5, 5.41) is 0. The molecule has 0 saturated carbocycles. The molecular formula is C11H8FN3O2. The van der Waals surface area contributed by atoms with Gasteiger partial charge < -0.3 is 5.73 Å². The van der Waals surface area contributed by atoms with Crippen LogP contribution >= 0.6 is 0 Å². The molecule has 5 nitrogen and oxygen atoms in total. The third-order valence-electron chi connectivity index (χ3n) is 2.22. The van der Waals surface area contributed by atoms with Gasteiger partial charge in [-0.3, -0.25) is 19.1 Å². The van der Waals surface area contributed by atoms with E-state index in [1.165, 1.54) is 29.1 Å². The average Bonchev–Trinajstić information content (AvgIpc) is 2.29. The van der Waals surface area contributed by atoms with E-state index in [9.17, 15) is 14.0 Å². The maximum atomic E-state index is 13.5. The van der Waals surface area contributed by atoms with Gasteiger partial charge in [0, 0.05) is 12.4 Å². The molecule has 2 aromatic rings. The molecule has 2 rings (SSSR count). The molecule has 6 heteroatoms. The topological polar surface area (TPSA) is 78.0 Å². The van der Waals surface area contributed by atoms with E-state index in [4.69, 9.17) is 5.73 Å². The predicted molar refractivity (Wildman–Crippen MR) is 58.3 cm³/mol. The number of nitrogens with zero attached hydrogens (tertiary/aromatic N) is 2. The van der Waals surface area contributed by atoms with Crippen LogP contribution in [0.4, 0.5) is 4.39 Å². The zero-order chi connectivity index (χ0) is 12.4. The third-order valence-corrected chi connectivity index (χ3v) is 2.22. The average molecular weight is 233 g/mol. The van der Waals surface area contributed by atoms with Gasteiger partial charge >= 0.3 is 0 Å². The number of halogens is 1. The van der Waals surface area contributed by atoms with Gasteiger partial charge in [0.1, 0.15) is 5.82 Å². The number of primary amides is 1. The van der Waals surface area contributed by atoms with Crippen molar-refractivity contribution in [3.8, 4) is 5.69 Å². The quantitative estimate of drug-likeness (QED) is 0.818. The van der Waals surface area contributed by atoms with E-state index >= 15 is 0 Å². The van der Waals surface area contributed by atoms with Crippen LogP contribution in [0.2, 0.25) is 0 Å². The van der Waals surface area contributed by atoms with Crippen LogP contribution in [-0.2, 0) is 0 Å². The lowest BCUT2D eigenvalue weighted by molar-refractivity contribution is 0.0996. The van der Waals surface area contributed by atoms with Crippen molar-refractivity contribution < 1.29 is 9.18 Å². The molecule has 1 aromatic heterocycles. The Hall–Kier alpha value is -2.50. The number of hydrogen-bond donors (Lipinski definition) is 1. The first-order chi connectivity index (χ1) is 8.09. The number of carbonyl (C=O) groups is 1. The van der Waals surface area contributed by atoms with Crippen LogP contribution in [0.3, 0.4) is 0 Å². The lowest BCUT2D eigenvalue weighted by Gasteiger charge is -2.06. The van der Waals surface area contributed by atoms with Crippen LogP contribution in [0.5, 0.6) is 0 Å². The molecule has 0 radical (unpaired) electrons. The van der Waals surface area contributed by atoms with E-state index in [1.807, 2.05) is 0 Å². The molecule has 86 valence electrons. The van der Waals surface area contributed by atoms with E-state index in [1.54, 1.807) is 0 Å². The summed E-state index contributed by atoms with van der Waals surface area (Å²) in [5.74, 6) is -1.62. The molecule has 0 spiro atoms. The van der Waals surface area contributed by atoms with Crippen LogP contribution in [0.25, 0.3) is 5.69 Å². The fourth-order valence-corrected chi connectivity index (χ4v) is 1.41. The van der Waals surface area contributed by atoms with Crippen LogP contribution in [0.1, 0.15) is 10.4 Å². The number of aromatic nitrogens is 2. The Balaban J connectivity index is 2.56. The zero-order valence-corrected chi connectivity index (χ0v) is 8.63. The number of rotatable bonds is 2. The molecule has 0 aliphatic heterocycles. The lowest BCUT2D eigenvalue weighted by atomic mass is 10.2. The molecule has 0 unspecified atom stereocenters. The predicted octanol–water partition coefficient (Wildman–Crippen LogP) is 0.471. The maximum absolute atomic E-state index is 13.5. The Morgan fingerprint density at radius 1 is 1.41 bits per heavy atom. The minimum atomic E-state index is -0.851. The molecule has 0 fully saturated rings. The molecule has 0 atom stereocenters. The number of amides is 1. The minimum absolute atomic E-state index is 0.212. The van der Waals surface area contributed by atoms with Crippen LogP contribution in [-0.4, -0.2) is 15.5 Å². The monoisotopic (exact) mass is 233 g/mol. The fraction of sp³-hybridized carbons (Fsp3) is 0. The van der Waals surface area contributed by atoms with Crippen molar-refractivity contribution >= 4 is 5.91 Å². The first-order valence-corrected chi connectivity index (χ1v) is 4.72. The van der Waals surface area contributed by atoms with Crippen LogP contribution < -0.4 is 11.3 Å². The summed E-state index contributed by atoms with van der Waals surface area (Å²) < 4.78 is 14.7. The number of nitrogens with two attached hydrogens (primary N) is 1. The molecule has 0 aliphatic rings. The summed E-state index contributed by atoms with van der Waals surface area (Å²) in [4.78, 5) is 25.9. The smallest absolute Gasteiger partial charge is 0.273 e. The first-order valence-electron chi connectivity index (χ1n) is 4.72. The Morgan fingerprint density at radius 2 is 2.18 bits per heavy atom. The van der Waals surface area contributed by atoms with Gasteiger partial charge in [0.25, 0.3) is 11.5 Å². The van der Waals surface area contributed by atoms with Gasteiger partial charge in [-0.2, -0.15) is 0 Å². The normalized spacial score (nSPS) is 10.2. The summed E-state index contributed by atoms with van der Waals surface area (Å²) in [6.45, 7) is 0. The Bertz CT molecular complexity index is 637. The van der Waals surface area contributed by atoms with Gasteiger partial charge in [0.05, 0.1) is 17.4 Å². The van der Waals surface area contributed by atoms with Crippen molar-refractivity contribution in [2.75, 3.05) is 0 Å². The van der Waals surface area contributed by atoms with Crippen molar-refractivity contribution in [1.82, 2.24) is 9.55 Å². The third kappa shape index (κ3) is 2.05. The lowest BCUT2D eigenvalue weighted by Crippen LogP contribution is -2.18. The summed E-state index contributed by atoms with van der Waals surface area (Å²) in [6, 6.07) is 3.74. The largest absolute Gasteiger partial charge is 0.366 e. The van der Waals surface area contributed by atoms with Crippen LogP contribution in [0, 0.1) is 5.82 Å². The molecule has 1 heterocycles. The molecule has 2 N–H and O–H groups in total. The SMILES string of the molecule is NC(=O)c1ccc(-n2ccncc2=O)cc1F. The van der Waals surface area contributed by atoms with E-state index < -0.39 is 17.3 Å². The van der Waals surface area contributed by atoms with E-state index in [2.05, 4.69) is 4.98 Å². The van der Waals surface area contributed by atoms with E-state index in [-0.39, 0.29) is 5.56 Å². The van der Waals surface area contributed by atoms with Gasteiger partial charge in [0.2, 0.25) is 0 Å². The number of hydrogen-bond acceptors (Lipinski definition) is 3. The van der Waals surface area contributed by atoms with Crippen molar-refractivity contribution in [1.29, 1.82) is 0 Å². The van der Waals surface area contributed by atoms with Gasteiger partial charge in [0.15, 0.2) is 0 Å². The molecular weight excluding hydrogens is 225 g/mol. The molecule has 0 bridgehead atoms. The highest BCUT2D eigenvalue weighted by Gasteiger charge is 2.09. The van der Waals surface area contributed by atoms with Crippen molar-refractivity contribution in [2.45, 2.75) is 0 Å². The highest BCUT2D eigenvalue weighted by molar-refractivity contribution is 5.93. The zero-order valence-electron chi connectivity index (χ0n) is 8.63. The molecule has 17 heavy (non-hydrogen) atoms. The summed E-state index contributed by atoms with van der Waals surface area (Å²) in [5.41, 5.74) is 4.68. The Morgan fingerprint density at radius 3 is 2.76 bits per heavy atom. The second kappa shape index (κ2) is 4.17. The second-order valence-corrected chi connectivity index (χ2v) is 3.31. The standard InChI is InChI=1S/C11H8FN3O2/c12-9-5-7(1-2-8(9)11(13)17)15-4-3-14-6-10(15)16/h1-6H,(H2,13,17). The second-order valence-electron chi connectivity index (χ2n) is 3.31. The Labute approximate surface area is 95.3 Å². The number of benzene rings is 1. The van der Waals surface area contributed by atoms with Gasteiger partial charge in [-0.15, -0.1) is 0 Å². The summed E-state index contributed by atoms with van der Waals surface area (Å²) in [7, 11) is 0. The summed E-state index contributed by atoms with van der Waals surface area (Å²) in [6.07, 6.45) is 3.92. The van der Waals surface area contributed by atoms with Crippen LogP contribution in [0.15, 0.2) is 41.6 Å². The fourth-order valence-electron chi connectivity index (χ4n) is 1.41. The molecule has 1 aromatic carbocycles.